The molecule has 0 aromatic heterocycles. The first kappa shape index (κ1) is 10.3. The number of rotatable bonds is 1. The normalized spacial score (nSPS) is 17.8. The van der Waals surface area contributed by atoms with E-state index in [1.165, 1.54) is 27.8 Å². The predicted octanol–water partition coefficient (Wildman–Crippen LogP) is 4.87. The third kappa shape index (κ3) is 1.61. The fourth-order valence-electron chi connectivity index (χ4n) is 2.66. The van der Waals surface area contributed by atoms with Crippen LogP contribution in [0.15, 0.2) is 54.1 Å². The molecule has 0 saturated heterocycles. The second kappa shape index (κ2) is 3.89. The van der Waals surface area contributed by atoms with Crippen LogP contribution in [0.2, 0.25) is 0 Å². The molecule has 0 fully saturated rings. The minimum atomic E-state index is 0.543. The summed E-state index contributed by atoms with van der Waals surface area (Å²) in [5.41, 5.74) is 7.03. The van der Waals surface area contributed by atoms with Gasteiger partial charge < -0.3 is 0 Å². The van der Waals surface area contributed by atoms with E-state index < -0.39 is 0 Å². The number of benzene rings is 2. The molecule has 0 heteroatoms. The van der Waals surface area contributed by atoms with Gasteiger partial charge in [-0.3, -0.25) is 0 Å². The van der Waals surface area contributed by atoms with Crippen LogP contribution in [0.3, 0.4) is 0 Å². The van der Waals surface area contributed by atoms with Gasteiger partial charge in [0.25, 0.3) is 0 Å². The smallest absolute Gasteiger partial charge is 0.00324 e. The van der Waals surface area contributed by atoms with Crippen molar-refractivity contribution in [2.75, 3.05) is 0 Å². The molecule has 1 aliphatic rings. The molecule has 17 heavy (non-hydrogen) atoms. The maximum absolute atomic E-state index is 2.31. The van der Waals surface area contributed by atoms with E-state index in [2.05, 4.69) is 68.5 Å². The van der Waals surface area contributed by atoms with Crippen LogP contribution in [-0.2, 0) is 0 Å². The average Bonchev–Trinajstić information content (AvgIpc) is 2.66. The lowest BCUT2D eigenvalue weighted by Gasteiger charge is -2.14. The van der Waals surface area contributed by atoms with Crippen LogP contribution in [-0.4, -0.2) is 0 Å². The van der Waals surface area contributed by atoms with Crippen molar-refractivity contribution in [2.45, 2.75) is 19.8 Å². The van der Waals surface area contributed by atoms with Crippen molar-refractivity contribution in [3.63, 3.8) is 0 Å². The summed E-state index contributed by atoms with van der Waals surface area (Å²) in [5, 5.41) is 0. The van der Waals surface area contributed by atoms with Gasteiger partial charge in [0, 0.05) is 5.92 Å². The van der Waals surface area contributed by atoms with Crippen LogP contribution in [0.5, 0.6) is 0 Å². The van der Waals surface area contributed by atoms with Gasteiger partial charge in [0.05, 0.1) is 0 Å². The maximum atomic E-state index is 2.31. The third-order valence-electron chi connectivity index (χ3n) is 3.72. The average molecular weight is 220 g/mol. The van der Waals surface area contributed by atoms with E-state index in [4.69, 9.17) is 0 Å². The highest BCUT2D eigenvalue weighted by atomic mass is 14.3. The van der Waals surface area contributed by atoms with Gasteiger partial charge in [-0.2, -0.15) is 0 Å². The van der Waals surface area contributed by atoms with Gasteiger partial charge in [-0.15, -0.1) is 0 Å². The fraction of sp³-hybridized carbons (Fsp3) is 0.176. The molecule has 0 saturated carbocycles. The molecule has 3 rings (SSSR count). The Bertz CT molecular complexity index is 576. The molecular formula is C17H16. The number of hydrogen-bond acceptors (Lipinski definition) is 0. The molecule has 84 valence electrons. The van der Waals surface area contributed by atoms with Crippen molar-refractivity contribution in [2.24, 2.45) is 0 Å². The number of fused-ring (bicyclic) bond motifs is 1. The topological polar surface area (TPSA) is 0 Å². The minimum Gasteiger partial charge on any atom is -0.0655 e. The fourth-order valence-corrected chi connectivity index (χ4v) is 2.66. The summed E-state index contributed by atoms with van der Waals surface area (Å²) in [4.78, 5) is 0. The summed E-state index contributed by atoms with van der Waals surface area (Å²) in [6.07, 6.45) is 2.31. The summed E-state index contributed by atoms with van der Waals surface area (Å²) in [7, 11) is 0. The second-order valence-corrected chi connectivity index (χ2v) is 4.78. The molecule has 2 aromatic rings. The van der Waals surface area contributed by atoms with Crippen LogP contribution >= 0.6 is 0 Å². The Morgan fingerprint density at radius 2 is 1.65 bits per heavy atom. The molecule has 0 nitrogen and oxygen atoms in total. The zero-order chi connectivity index (χ0) is 11.8. The molecule has 0 aliphatic heterocycles. The van der Waals surface area contributed by atoms with Crippen molar-refractivity contribution in [3.8, 4) is 11.1 Å². The first-order valence-electron chi connectivity index (χ1n) is 6.14. The Labute approximate surface area is 103 Å². The Morgan fingerprint density at radius 3 is 2.41 bits per heavy atom. The van der Waals surface area contributed by atoms with Gasteiger partial charge in [0.1, 0.15) is 0 Å². The van der Waals surface area contributed by atoms with Crippen molar-refractivity contribution in [1.29, 1.82) is 0 Å². The molecule has 0 spiro atoms. The van der Waals surface area contributed by atoms with Gasteiger partial charge in [-0.1, -0.05) is 67.1 Å². The predicted molar refractivity (Wildman–Crippen MR) is 73.9 cm³/mol. The summed E-state index contributed by atoms with van der Waals surface area (Å²) >= 11 is 0. The van der Waals surface area contributed by atoms with Gasteiger partial charge in [0.15, 0.2) is 0 Å². The summed E-state index contributed by atoms with van der Waals surface area (Å²) < 4.78 is 0. The molecule has 0 N–H and O–H groups in total. The van der Waals surface area contributed by atoms with Gasteiger partial charge in [0.2, 0.25) is 0 Å². The summed E-state index contributed by atoms with van der Waals surface area (Å²) in [5.74, 6) is 0.543. The standard InChI is InChI=1S/C17H16/c1-12-11-15-9-6-10-16(17(15)13(12)2)14-7-4-3-5-8-14/h3-11,13H,1-2H3. The lowest BCUT2D eigenvalue weighted by Crippen LogP contribution is -1.94. The van der Waals surface area contributed by atoms with E-state index in [9.17, 15) is 0 Å². The zero-order valence-corrected chi connectivity index (χ0v) is 10.3. The summed E-state index contributed by atoms with van der Waals surface area (Å²) in [6.45, 7) is 4.52. The monoisotopic (exact) mass is 220 g/mol. The van der Waals surface area contributed by atoms with E-state index in [0.717, 1.165) is 0 Å². The van der Waals surface area contributed by atoms with Crippen LogP contribution in [0, 0.1) is 0 Å². The van der Waals surface area contributed by atoms with E-state index in [0.29, 0.717) is 5.92 Å². The third-order valence-corrected chi connectivity index (χ3v) is 3.72. The van der Waals surface area contributed by atoms with Crippen LogP contribution in [0.4, 0.5) is 0 Å². The van der Waals surface area contributed by atoms with Crippen LogP contribution in [0.1, 0.15) is 30.9 Å². The van der Waals surface area contributed by atoms with E-state index in [1.807, 2.05) is 0 Å². The zero-order valence-electron chi connectivity index (χ0n) is 10.3. The highest BCUT2D eigenvalue weighted by molar-refractivity contribution is 5.78. The molecule has 0 heterocycles. The minimum absolute atomic E-state index is 0.543. The molecule has 0 radical (unpaired) electrons. The van der Waals surface area contributed by atoms with Gasteiger partial charge in [-0.05, 0) is 29.2 Å². The Kier molecular flexibility index (Phi) is 2.36. The molecule has 0 bridgehead atoms. The van der Waals surface area contributed by atoms with Crippen molar-refractivity contribution < 1.29 is 0 Å². The molecule has 0 amide bonds. The maximum Gasteiger partial charge on any atom is 0.00324 e. The van der Waals surface area contributed by atoms with E-state index in [-0.39, 0.29) is 0 Å². The second-order valence-electron chi connectivity index (χ2n) is 4.78. The Hall–Kier alpha value is -1.82. The Morgan fingerprint density at radius 1 is 0.882 bits per heavy atom. The van der Waals surface area contributed by atoms with Gasteiger partial charge in [-0.25, -0.2) is 0 Å². The molecule has 2 aromatic carbocycles. The van der Waals surface area contributed by atoms with E-state index >= 15 is 0 Å². The Balaban J connectivity index is 2.20. The molecule has 1 aliphatic carbocycles. The van der Waals surface area contributed by atoms with Crippen molar-refractivity contribution >= 4 is 6.08 Å². The lowest BCUT2D eigenvalue weighted by molar-refractivity contribution is 0.924. The quantitative estimate of drug-likeness (QED) is 0.643. The first-order chi connectivity index (χ1) is 8.27. The highest BCUT2D eigenvalue weighted by Gasteiger charge is 2.21. The largest absolute Gasteiger partial charge is 0.0655 e. The van der Waals surface area contributed by atoms with Gasteiger partial charge >= 0.3 is 0 Å². The molecular weight excluding hydrogens is 204 g/mol. The number of hydrogen-bond donors (Lipinski definition) is 0. The SMILES string of the molecule is CC1=Cc2cccc(-c3ccccc3)c2C1C. The van der Waals surface area contributed by atoms with E-state index in [1.54, 1.807) is 0 Å². The highest BCUT2D eigenvalue weighted by Crippen LogP contribution is 2.41. The van der Waals surface area contributed by atoms with Crippen molar-refractivity contribution in [3.05, 3.63) is 65.2 Å². The molecule has 1 atom stereocenters. The van der Waals surface area contributed by atoms with Crippen molar-refractivity contribution in [1.82, 2.24) is 0 Å². The first-order valence-corrected chi connectivity index (χ1v) is 6.14. The lowest BCUT2D eigenvalue weighted by atomic mass is 9.90. The van der Waals surface area contributed by atoms with Crippen LogP contribution in [0.25, 0.3) is 17.2 Å². The number of allylic oxidation sites excluding steroid dienone is 1. The summed E-state index contributed by atoms with van der Waals surface area (Å²) in [6, 6.07) is 17.3. The van der Waals surface area contributed by atoms with Crippen LogP contribution < -0.4 is 0 Å². The molecule has 1 unspecified atom stereocenters.